The molecule has 0 aliphatic carbocycles. The lowest BCUT2D eigenvalue weighted by Crippen LogP contribution is -2.29. The molecular formula is C29H31N3O. The van der Waals surface area contributed by atoms with E-state index in [9.17, 15) is 4.79 Å². The van der Waals surface area contributed by atoms with Crippen molar-refractivity contribution in [2.24, 2.45) is 0 Å². The molecule has 0 aliphatic rings. The summed E-state index contributed by atoms with van der Waals surface area (Å²) in [5.74, 6) is -0.0678. The summed E-state index contributed by atoms with van der Waals surface area (Å²) in [4.78, 5) is 13.9. The fourth-order valence-electron chi connectivity index (χ4n) is 4.27. The third kappa shape index (κ3) is 5.06. The average molecular weight is 438 g/mol. The van der Waals surface area contributed by atoms with Crippen LogP contribution in [0, 0.1) is 0 Å². The Bertz CT molecular complexity index is 1170. The monoisotopic (exact) mass is 437 g/mol. The number of amides is 1. The van der Waals surface area contributed by atoms with Crippen molar-refractivity contribution in [2.75, 3.05) is 0 Å². The van der Waals surface area contributed by atoms with Gasteiger partial charge in [-0.2, -0.15) is 5.10 Å². The highest BCUT2D eigenvalue weighted by Crippen LogP contribution is 2.30. The van der Waals surface area contributed by atoms with Crippen LogP contribution < -0.4 is 5.32 Å². The number of nitrogens with zero attached hydrogens (tertiary/aromatic N) is 2. The first-order valence-electron chi connectivity index (χ1n) is 11.8. The normalized spacial score (nSPS) is 11.8. The SMILES string of the molecule is CCCc1c(C(=O)NC(CCC)c2ccccc2)c(-c2ccccc2)nn1-c1ccccc1. The molecule has 0 bridgehead atoms. The Labute approximate surface area is 196 Å². The summed E-state index contributed by atoms with van der Waals surface area (Å²) < 4.78 is 1.94. The van der Waals surface area contributed by atoms with Crippen molar-refractivity contribution < 1.29 is 4.79 Å². The minimum atomic E-state index is -0.0678. The van der Waals surface area contributed by atoms with E-state index in [1.807, 2.05) is 83.5 Å². The number of carbonyl (C=O) groups excluding carboxylic acids is 1. The molecule has 3 aromatic carbocycles. The zero-order chi connectivity index (χ0) is 23.0. The molecule has 0 saturated heterocycles. The molecule has 33 heavy (non-hydrogen) atoms. The van der Waals surface area contributed by atoms with Gasteiger partial charge in [-0.1, -0.05) is 106 Å². The van der Waals surface area contributed by atoms with Crippen LogP contribution in [0.15, 0.2) is 91.0 Å². The molecule has 4 nitrogen and oxygen atoms in total. The third-order valence-corrected chi connectivity index (χ3v) is 5.83. The minimum Gasteiger partial charge on any atom is -0.345 e. The molecule has 168 valence electrons. The maximum Gasteiger partial charge on any atom is 0.255 e. The molecule has 1 heterocycles. The minimum absolute atomic E-state index is 0.0399. The van der Waals surface area contributed by atoms with Crippen LogP contribution in [0.25, 0.3) is 16.9 Å². The first-order valence-corrected chi connectivity index (χ1v) is 11.8. The second-order valence-corrected chi connectivity index (χ2v) is 8.26. The van der Waals surface area contributed by atoms with Crippen LogP contribution in [0.3, 0.4) is 0 Å². The molecular weight excluding hydrogens is 406 g/mol. The summed E-state index contributed by atoms with van der Waals surface area (Å²) >= 11 is 0. The number of carbonyl (C=O) groups is 1. The first kappa shape index (κ1) is 22.5. The predicted octanol–water partition coefficient (Wildman–Crippen LogP) is 6.76. The zero-order valence-corrected chi connectivity index (χ0v) is 19.4. The molecule has 1 atom stereocenters. The van der Waals surface area contributed by atoms with Gasteiger partial charge in [-0.05, 0) is 30.5 Å². The number of benzene rings is 3. The fourth-order valence-corrected chi connectivity index (χ4v) is 4.27. The van der Waals surface area contributed by atoms with E-state index in [2.05, 4.69) is 31.3 Å². The second-order valence-electron chi connectivity index (χ2n) is 8.26. The molecule has 0 fully saturated rings. The number of aromatic nitrogens is 2. The Kier molecular flexibility index (Phi) is 7.36. The maximum absolute atomic E-state index is 13.9. The lowest BCUT2D eigenvalue weighted by atomic mass is 9.99. The van der Waals surface area contributed by atoms with Crippen LogP contribution in [-0.2, 0) is 6.42 Å². The van der Waals surface area contributed by atoms with E-state index < -0.39 is 0 Å². The summed E-state index contributed by atoms with van der Waals surface area (Å²) in [6.07, 6.45) is 3.55. The van der Waals surface area contributed by atoms with E-state index in [1.165, 1.54) is 0 Å². The van der Waals surface area contributed by atoms with Gasteiger partial charge in [0, 0.05) is 5.56 Å². The highest BCUT2D eigenvalue weighted by atomic mass is 16.1. The zero-order valence-electron chi connectivity index (χ0n) is 19.4. The Morgan fingerprint density at radius 3 is 2.06 bits per heavy atom. The number of hydrogen-bond acceptors (Lipinski definition) is 2. The summed E-state index contributed by atoms with van der Waals surface area (Å²) in [6, 6.07) is 30.2. The maximum atomic E-state index is 13.9. The molecule has 0 aliphatic heterocycles. The van der Waals surface area contributed by atoms with Crippen LogP contribution in [0.1, 0.15) is 60.8 Å². The van der Waals surface area contributed by atoms with Gasteiger partial charge < -0.3 is 5.32 Å². The molecule has 1 amide bonds. The average Bonchev–Trinajstić information content (AvgIpc) is 3.25. The van der Waals surface area contributed by atoms with Crippen molar-refractivity contribution >= 4 is 5.91 Å². The standard InChI is InChI=1S/C29H31N3O/c1-3-14-25(22-16-8-5-9-17-22)30-29(33)27-26(15-4-2)32(24-20-12-7-13-21-24)31-28(27)23-18-10-6-11-19-23/h5-13,16-21,25H,3-4,14-15H2,1-2H3,(H,30,33). The summed E-state index contributed by atoms with van der Waals surface area (Å²) in [5, 5.41) is 8.30. The topological polar surface area (TPSA) is 46.9 Å². The van der Waals surface area contributed by atoms with Crippen molar-refractivity contribution in [3.8, 4) is 16.9 Å². The van der Waals surface area contributed by atoms with Crippen molar-refractivity contribution in [1.82, 2.24) is 15.1 Å². The smallest absolute Gasteiger partial charge is 0.255 e. The lowest BCUT2D eigenvalue weighted by Gasteiger charge is -2.19. The van der Waals surface area contributed by atoms with E-state index in [0.717, 1.165) is 53.9 Å². The molecule has 4 rings (SSSR count). The molecule has 0 spiro atoms. The van der Waals surface area contributed by atoms with Gasteiger partial charge in [-0.25, -0.2) is 4.68 Å². The van der Waals surface area contributed by atoms with Gasteiger partial charge >= 0.3 is 0 Å². The fraction of sp³-hybridized carbons (Fsp3) is 0.241. The van der Waals surface area contributed by atoms with E-state index in [1.54, 1.807) is 0 Å². The third-order valence-electron chi connectivity index (χ3n) is 5.83. The molecule has 1 N–H and O–H groups in total. The van der Waals surface area contributed by atoms with Gasteiger partial charge in [0.25, 0.3) is 5.91 Å². The van der Waals surface area contributed by atoms with Crippen molar-refractivity contribution in [1.29, 1.82) is 0 Å². The van der Waals surface area contributed by atoms with Crippen molar-refractivity contribution in [3.05, 3.63) is 108 Å². The van der Waals surface area contributed by atoms with Crippen LogP contribution in [0.5, 0.6) is 0 Å². The van der Waals surface area contributed by atoms with Gasteiger partial charge in [-0.15, -0.1) is 0 Å². The second kappa shape index (κ2) is 10.8. The largest absolute Gasteiger partial charge is 0.345 e. The number of para-hydroxylation sites is 1. The molecule has 1 unspecified atom stereocenters. The summed E-state index contributed by atoms with van der Waals surface area (Å²) in [5.41, 5.74) is 5.38. The molecule has 4 heteroatoms. The first-order chi connectivity index (χ1) is 16.2. The highest BCUT2D eigenvalue weighted by molar-refractivity contribution is 6.01. The highest BCUT2D eigenvalue weighted by Gasteiger charge is 2.26. The summed E-state index contributed by atoms with van der Waals surface area (Å²) in [6.45, 7) is 4.28. The van der Waals surface area contributed by atoms with Crippen LogP contribution in [0.4, 0.5) is 0 Å². The number of nitrogens with one attached hydrogen (secondary N) is 1. The quantitative estimate of drug-likeness (QED) is 0.314. The van der Waals surface area contributed by atoms with Gasteiger partial charge in [0.05, 0.1) is 23.0 Å². The van der Waals surface area contributed by atoms with Crippen LogP contribution in [-0.4, -0.2) is 15.7 Å². The van der Waals surface area contributed by atoms with E-state index in [0.29, 0.717) is 5.56 Å². The molecule has 1 aromatic heterocycles. The Balaban J connectivity index is 1.83. The molecule has 4 aromatic rings. The van der Waals surface area contributed by atoms with Gasteiger partial charge in [0.15, 0.2) is 0 Å². The summed E-state index contributed by atoms with van der Waals surface area (Å²) in [7, 11) is 0. The van der Waals surface area contributed by atoms with Crippen LogP contribution in [0.2, 0.25) is 0 Å². The van der Waals surface area contributed by atoms with E-state index in [4.69, 9.17) is 5.10 Å². The lowest BCUT2D eigenvalue weighted by molar-refractivity contribution is 0.0934. The van der Waals surface area contributed by atoms with E-state index in [-0.39, 0.29) is 11.9 Å². The van der Waals surface area contributed by atoms with Gasteiger partial charge in [-0.3, -0.25) is 4.79 Å². The van der Waals surface area contributed by atoms with Gasteiger partial charge in [0.1, 0.15) is 5.69 Å². The Morgan fingerprint density at radius 1 is 0.848 bits per heavy atom. The van der Waals surface area contributed by atoms with E-state index >= 15 is 0 Å². The predicted molar refractivity (Wildman–Crippen MR) is 135 cm³/mol. The molecule has 0 radical (unpaired) electrons. The number of hydrogen-bond donors (Lipinski definition) is 1. The number of rotatable bonds is 9. The van der Waals surface area contributed by atoms with Gasteiger partial charge in [0.2, 0.25) is 0 Å². The Hall–Kier alpha value is -3.66. The van der Waals surface area contributed by atoms with Crippen molar-refractivity contribution in [2.45, 2.75) is 45.6 Å². The van der Waals surface area contributed by atoms with Crippen LogP contribution >= 0.6 is 0 Å². The van der Waals surface area contributed by atoms with Crippen molar-refractivity contribution in [3.63, 3.8) is 0 Å². The Morgan fingerprint density at radius 2 is 1.45 bits per heavy atom. The molecule has 0 saturated carbocycles.